The molecular weight excluding hydrogens is 542 g/mol. The summed E-state index contributed by atoms with van der Waals surface area (Å²) in [4.78, 5) is 55.5. The molecule has 4 aromatic rings. The Bertz CT molecular complexity index is 1710. The molecule has 1 fully saturated rings. The zero-order chi connectivity index (χ0) is 30.1. The summed E-state index contributed by atoms with van der Waals surface area (Å²) in [7, 11) is 0. The van der Waals surface area contributed by atoms with Crippen molar-refractivity contribution in [1.82, 2.24) is 4.90 Å². The lowest BCUT2D eigenvalue weighted by molar-refractivity contribution is -0.145. The number of nitrogens with zero attached hydrogens (tertiary/aromatic N) is 2. The second-order valence-electron chi connectivity index (χ2n) is 11.0. The molecule has 0 bridgehead atoms. The molecule has 0 spiro atoms. The van der Waals surface area contributed by atoms with Crippen LogP contribution >= 0.6 is 0 Å². The van der Waals surface area contributed by atoms with Crippen LogP contribution in [-0.2, 0) is 9.53 Å². The van der Waals surface area contributed by atoms with Gasteiger partial charge in [-0.25, -0.2) is 0 Å². The van der Waals surface area contributed by atoms with Gasteiger partial charge in [0.25, 0.3) is 17.7 Å². The molecule has 1 N–H and O–H groups in total. The Morgan fingerprint density at radius 3 is 2.21 bits per heavy atom. The summed E-state index contributed by atoms with van der Waals surface area (Å²) in [6.45, 7) is 3.94. The van der Waals surface area contributed by atoms with Gasteiger partial charge < -0.3 is 19.9 Å². The summed E-state index contributed by atoms with van der Waals surface area (Å²) in [6, 6.07) is 29.0. The topological polar surface area (TPSA) is 96.0 Å². The molecule has 216 valence electrons. The van der Waals surface area contributed by atoms with Crippen molar-refractivity contribution in [3.05, 3.63) is 119 Å². The number of fused-ring (bicyclic) bond motifs is 2. The number of para-hydroxylation sites is 1. The van der Waals surface area contributed by atoms with E-state index in [9.17, 15) is 19.2 Å². The molecule has 0 aliphatic carbocycles. The number of carbonyl (C=O) groups is 4. The maximum atomic E-state index is 13.9. The van der Waals surface area contributed by atoms with Crippen LogP contribution in [0.2, 0.25) is 0 Å². The number of amides is 3. The third-order valence-corrected chi connectivity index (χ3v) is 7.96. The van der Waals surface area contributed by atoms with Gasteiger partial charge in [0.1, 0.15) is 6.10 Å². The molecule has 2 aliphatic rings. The molecule has 2 aliphatic heterocycles. The van der Waals surface area contributed by atoms with Gasteiger partial charge in [-0.1, -0.05) is 60.2 Å². The maximum absolute atomic E-state index is 13.9. The molecule has 2 atom stereocenters. The summed E-state index contributed by atoms with van der Waals surface area (Å²) in [6.07, 6.45) is 0.0469. The van der Waals surface area contributed by atoms with Gasteiger partial charge in [-0.05, 0) is 60.5 Å². The largest absolute Gasteiger partial charge is 0.461 e. The molecule has 0 radical (unpaired) electrons. The minimum Gasteiger partial charge on any atom is -0.461 e. The number of ether oxygens (including phenoxy) is 1. The molecule has 8 heteroatoms. The molecular formula is C35H31N3O5. The smallest absolute Gasteiger partial charge is 0.302 e. The van der Waals surface area contributed by atoms with E-state index in [-0.39, 0.29) is 30.3 Å². The first-order valence-electron chi connectivity index (χ1n) is 14.2. The Balaban J connectivity index is 1.22. The predicted molar refractivity (Wildman–Crippen MR) is 164 cm³/mol. The number of esters is 1. The fraction of sp³-hybridized carbons (Fsp3) is 0.200. The highest BCUT2D eigenvalue weighted by atomic mass is 16.5. The molecule has 2 heterocycles. The molecule has 0 unspecified atom stereocenters. The van der Waals surface area contributed by atoms with Gasteiger partial charge in [0.05, 0.1) is 23.8 Å². The van der Waals surface area contributed by atoms with Crippen LogP contribution in [0.3, 0.4) is 0 Å². The number of hydrogen-bond acceptors (Lipinski definition) is 5. The highest BCUT2D eigenvalue weighted by Crippen LogP contribution is 2.34. The highest BCUT2D eigenvalue weighted by molar-refractivity contribution is 6.12. The van der Waals surface area contributed by atoms with Crippen LogP contribution < -0.4 is 10.2 Å². The van der Waals surface area contributed by atoms with E-state index >= 15 is 0 Å². The second kappa shape index (κ2) is 11.6. The average Bonchev–Trinajstić information content (AvgIpc) is 3.36. The first-order chi connectivity index (χ1) is 20.8. The Kier molecular flexibility index (Phi) is 7.50. The number of hydrogen-bond donors (Lipinski definition) is 1. The van der Waals surface area contributed by atoms with Crippen molar-refractivity contribution in [2.75, 3.05) is 23.3 Å². The first kappa shape index (κ1) is 27.9. The highest BCUT2D eigenvalue weighted by Gasteiger charge is 2.42. The normalized spacial score (nSPS) is 17.5. The molecule has 0 saturated carbocycles. The van der Waals surface area contributed by atoms with Crippen LogP contribution in [0.4, 0.5) is 11.4 Å². The zero-order valence-corrected chi connectivity index (χ0v) is 23.9. The van der Waals surface area contributed by atoms with E-state index in [2.05, 4.69) is 5.32 Å². The molecule has 43 heavy (non-hydrogen) atoms. The number of nitrogens with one attached hydrogen (secondary N) is 1. The van der Waals surface area contributed by atoms with E-state index in [1.165, 1.54) is 6.92 Å². The van der Waals surface area contributed by atoms with E-state index in [0.717, 1.165) is 16.7 Å². The predicted octanol–water partition coefficient (Wildman–Crippen LogP) is 5.72. The number of rotatable bonds is 5. The Morgan fingerprint density at radius 1 is 0.814 bits per heavy atom. The van der Waals surface area contributed by atoms with Crippen molar-refractivity contribution in [3.63, 3.8) is 0 Å². The van der Waals surface area contributed by atoms with Crippen molar-refractivity contribution in [2.24, 2.45) is 0 Å². The van der Waals surface area contributed by atoms with Crippen molar-refractivity contribution in [1.29, 1.82) is 0 Å². The fourth-order valence-electron chi connectivity index (χ4n) is 5.88. The second-order valence-corrected chi connectivity index (χ2v) is 11.0. The van der Waals surface area contributed by atoms with Crippen molar-refractivity contribution in [3.8, 4) is 11.1 Å². The minimum atomic E-state index is -0.410. The summed E-state index contributed by atoms with van der Waals surface area (Å²) in [5.74, 6) is -1.09. The lowest BCUT2D eigenvalue weighted by Crippen LogP contribution is -2.42. The number of benzene rings is 4. The minimum absolute atomic E-state index is 0.186. The lowest BCUT2D eigenvalue weighted by atomic mass is 9.98. The van der Waals surface area contributed by atoms with Crippen LogP contribution in [0.15, 0.2) is 97.1 Å². The molecule has 3 amide bonds. The molecule has 1 saturated heterocycles. The van der Waals surface area contributed by atoms with Gasteiger partial charge in [0.15, 0.2) is 0 Å². The van der Waals surface area contributed by atoms with E-state index in [4.69, 9.17) is 4.74 Å². The molecule has 6 rings (SSSR count). The summed E-state index contributed by atoms with van der Waals surface area (Å²) < 4.78 is 5.40. The van der Waals surface area contributed by atoms with Gasteiger partial charge in [0, 0.05) is 36.7 Å². The zero-order valence-electron chi connectivity index (χ0n) is 23.9. The standard InChI is InChI=1S/C35H31N3O5/c1-22-11-13-24(14-12-22)29-7-3-4-8-30(29)33(40)36-26-17-15-25(16-18-26)34(41)38-20-27-19-28(43-23(2)39)21-37(27)35(42)31-9-5-6-10-32(31)38/h3-18,27-28H,19-21H2,1-2H3,(H,36,40)/t27-,28+/m0/s1. The van der Waals surface area contributed by atoms with Crippen LogP contribution in [0.25, 0.3) is 11.1 Å². The molecule has 8 nitrogen and oxygen atoms in total. The summed E-state index contributed by atoms with van der Waals surface area (Å²) in [5, 5.41) is 2.95. The van der Waals surface area contributed by atoms with Gasteiger partial charge in [-0.3, -0.25) is 19.2 Å². The van der Waals surface area contributed by atoms with E-state index < -0.39 is 12.1 Å². The van der Waals surface area contributed by atoms with E-state index in [1.807, 2.05) is 49.4 Å². The fourth-order valence-corrected chi connectivity index (χ4v) is 5.88. The third kappa shape index (κ3) is 5.64. The Hall–Kier alpha value is -5.24. The number of anilines is 2. The van der Waals surface area contributed by atoms with Crippen molar-refractivity contribution in [2.45, 2.75) is 32.4 Å². The van der Waals surface area contributed by atoms with Gasteiger partial charge >= 0.3 is 5.97 Å². The van der Waals surface area contributed by atoms with Crippen LogP contribution in [-0.4, -0.2) is 53.8 Å². The number of aryl methyl sites for hydroxylation is 1. The first-order valence-corrected chi connectivity index (χ1v) is 14.2. The van der Waals surface area contributed by atoms with Crippen LogP contribution in [0.5, 0.6) is 0 Å². The van der Waals surface area contributed by atoms with Gasteiger partial charge in [-0.15, -0.1) is 0 Å². The quantitative estimate of drug-likeness (QED) is 0.308. The summed E-state index contributed by atoms with van der Waals surface area (Å²) in [5.41, 5.74) is 5.42. The van der Waals surface area contributed by atoms with Crippen LogP contribution in [0, 0.1) is 6.92 Å². The van der Waals surface area contributed by atoms with E-state index in [0.29, 0.717) is 41.0 Å². The average molecular weight is 574 g/mol. The maximum Gasteiger partial charge on any atom is 0.302 e. The van der Waals surface area contributed by atoms with Gasteiger partial charge in [0.2, 0.25) is 0 Å². The molecule has 0 aromatic heterocycles. The third-order valence-electron chi connectivity index (χ3n) is 7.96. The van der Waals surface area contributed by atoms with Crippen LogP contribution in [0.1, 0.15) is 50.0 Å². The van der Waals surface area contributed by atoms with E-state index in [1.54, 1.807) is 64.4 Å². The monoisotopic (exact) mass is 573 g/mol. The Morgan fingerprint density at radius 2 is 1.49 bits per heavy atom. The lowest BCUT2D eigenvalue weighted by Gasteiger charge is -2.26. The summed E-state index contributed by atoms with van der Waals surface area (Å²) >= 11 is 0. The molecule has 4 aromatic carbocycles. The van der Waals surface area contributed by atoms with Crippen molar-refractivity contribution < 1.29 is 23.9 Å². The van der Waals surface area contributed by atoms with Crippen molar-refractivity contribution >= 4 is 35.1 Å². The number of carbonyl (C=O) groups excluding carboxylic acids is 4. The Labute approximate surface area is 249 Å². The SMILES string of the molecule is CC(=O)O[C@@H]1C[C@H]2CN(C(=O)c3ccc(NC(=O)c4ccccc4-c4ccc(C)cc4)cc3)c3ccccc3C(=O)N2C1. The van der Waals surface area contributed by atoms with Gasteiger partial charge in [-0.2, -0.15) is 0 Å².